The zero-order valence-corrected chi connectivity index (χ0v) is 25.1. The van der Waals surface area contributed by atoms with Crippen molar-refractivity contribution < 1.29 is 0 Å². The second kappa shape index (κ2) is 29.5. The molecule has 0 aromatic rings. The van der Waals surface area contributed by atoms with E-state index < -0.39 is 0 Å². The highest BCUT2D eigenvalue weighted by Gasteiger charge is 2.11. The van der Waals surface area contributed by atoms with Gasteiger partial charge in [-0.2, -0.15) is 0 Å². The Morgan fingerprint density at radius 3 is 0.889 bits per heavy atom. The van der Waals surface area contributed by atoms with Gasteiger partial charge >= 0.3 is 0 Å². The summed E-state index contributed by atoms with van der Waals surface area (Å²) >= 11 is 0. The molecule has 1 fully saturated rings. The number of hydrogen-bond donors (Lipinski definition) is 1. The van der Waals surface area contributed by atoms with Crippen LogP contribution in [0.5, 0.6) is 0 Å². The van der Waals surface area contributed by atoms with Gasteiger partial charge in [0.2, 0.25) is 0 Å². The minimum atomic E-state index is 1.04. The lowest BCUT2D eigenvalue weighted by Crippen LogP contribution is -2.27. The first-order valence-corrected chi connectivity index (χ1v) is 17.4. The second-order valence-corrected chi connectivity index (χ2v) is 12.4. The molecule has 1 radical (unpaired) electrons. The van der Waals surface area contributed by atoms with Crippen molar-refractivity contribution in [2.75, 3.05) is 13.1 Å². The van der Waals surface area contributed by atoms with Gasteiger partial charge in [-0.05, 0) is 31.8 Å². The third kappa shape index (κ3) is 25.6. The minimum Gasteiger partial charge on any atom is -0.317 e. The number of nitrogens with one attached hydrogen (secondary N) is 1. The first-order chi connectivity index (χ1) is 17.9. The van der Waals surface area contributed by atoms with E-state index in [1.54, 1.807) is 0 Å². The summed E-state index contributed by atoms with van der Waals surface area (Å²) in [5, 5.41) is 3.49. The Morgan fingerprint density at radius 2 is 0.611 bits per heavy atom. The van der Waals surface area contributed by atoms with Crippen LogP contribution in [0.25, 0.3) is 0 Å². The molecule has 215 valence electrons. The molecule has 0 amide bonds. The Bertz CT molecular complexity index is 386. The summed E-state index contributed by atoms with van der Waals surface area (Å²) in [4.78, 5) is 0. The lowest BCUT2D eigenvalue weighted by Gasteiger charge is -2.22. The van der Waals surface area contributed by atoms with E-state index in [2.05, 4.69) is 12.2 Å². The lowest BCUT2D eigenvalue weighted by atomic mass is 9.92. The maximum absolute atomic E-state index is 3.93. The molecule has 0 atom stereocenters. The highest BCUT2D eigenvalue weighted by molar-refractivity contribution is 4.68. The average Bonchev–Trinajstić information content (AvgIpc) is 2.91. The lowest BCUT2D eigenvalue weighted by molar-refractivity contribution is 0.342. The molecule has 1 N–H and O–H groups in total. The van der Waals surface area contributed by atoms with Gasteiger partial charge in [-0.3, -0.25) is 0 Å². The van der Waals surface area contributed by atoms with Crippen molar-refractivity contribution in [2.45, 2.75) is 199 Å². The molecule has 0 aromatic carbocycles. The van der Waals surface area contributed by atoms with Crippen molar-refractivity contribution in [3.8, 4) is 0 Å². The molecule has 0 saturated carbocycles. The van der Waals surface area contributed by atoms with Crippen LogP contribution in [0.4, 0.5) is 0 Å². The Balaban J connectivity index is 1.61. The van der Waals surface area contributed by atoms with Crippen molar-refractivity contribution in [3.05, 3.63) is 6.92 Å². The fourth-order valence-electron chi connectivity index (χ4n) is 6.20. The smallest absolute Gasteiger partial charge is 0.00463 e. The molecule has 0 aliphatic carbocycles. The quantitative estimate of drug-likeness (QED) is 0.0998. The molecule has 1 aliphatic heterocycles. The molecule has 36 heavy (non-hydrogen) atoms. The summed E-state index contributed by atoms with van der Waals surface area (Å²) < 4.78 is 0. The molecule has 0 bridgehead atoms. The van der Waals surface area contributed by atoms with Gasteiger partial charge in [0.05, 0.1) is 0 Å². The van der Waals surface area contributed by atoms with Crippen LogP contribution in [-0.2, 0) is 0 Å². The van der Waals surface area contributed by atoms with Gasteiger partial charge in [0, 0.05) is 0 Å². The molecule has 1 heteroatoms. The summed E-state index contributed by atoms with van der Waals surface area (Å²) in [6, 6.07) is 0. The molecule has 1 rings (SSSR count). The van der Waals surface area contributed by atoms with Gasteiger partial charge in [-0.25, -0.2) is 0 Å². The van der Waals surface area contributed by atoms with Crippen LogP contribution in [0.2, 0.25) is 0 Å². The summed E-state index contributed by atoms with van der Waals surface area (Å²) in [5.41, 5.74) is 0. The van der Waals surface area contributed by atoms with E-state index in [4.69, 9.17) is 0 Å². The zero-order chi connectivity index (χ0) is 25.6. The van der Waals surface area contributed by atoms with E-state index in [9.17, 15) is 0 Å². The topological polar surface area (TPSA) is 12.0 Å². The van der Waals surface area contributed by atoms with E-state index in [1.807, 2.05) is 0 Å². The van der Waals surface area contributed by atoms with Crippen LogP contribution in [-0.4, -0.2) is 13.1 Å². The van der Waals surface area contributed by atoms with Gasteiger partial charge in [0.15, 0.2) is 0 Å². The number of hydrogen-bond acceptors (Lipinski definition) is 1. The maximum Gasteiger partial charge on any atom is -0.00463 e. The number of unbranched alkanes of at least 4 members (excludes halogenated alkanes) is 27. The Labute approximate surface area is 230 Å². The monoisotopic (exact) mass is 505 g/mol. The standard InChI is InChI=1S/C35H70N/c1-2-3-4-5-6-7-8-9-10-11-12-13-14-15-16-17-18-19-20-21-22-23-24-25-26-27-28-29-30-35-31-33-36-34-32-35/h35-36H,1-34H2. The third-order valence-corrected chi connectivity index (χ3v) is 8.82. The van der Waals surface area contributed by atoms with Crippen molar-refractivity contribution in [1.82, 2.24) is 5.32 Å². The van der Waals surface area contributed by atoms with Gasteiger partial charge in [0.1, 0.15) is 0 Å². The van der Waals surface area contributed by atoms with E-state index in [-0.39, 0.29) is 0 Å². The molecule has 0 spiro atoms. The van der Waals surface area contributed by atoms with E-state index in [0.29, 0.717) is 0 Å². The summed E-state index contributed by atoms with van der Waals surface area (Å²) in [6.07, 6.45) is 45.4. The highest BCUT2D eigenvalue weighted by Crippen LogP contribution is 2.20. The molecule has 0 unspecified atom stereocenters. The predicted octanol–water partition coefficient (Wildman–Crippen LogP) is 12.1. The van der Waals surface area contributed by atoms with Crippen LogP contribution >= 0.6 is 0 Å². The second-order valence-electron chi connectivity index (χ2n) is 12.4. The summed E-state index contributed by atoms with van der Waals surface area (Å²) in [7, 11) is 0. The van der Waals surface area contributed by atoms with Gasteiger partial charge in [-0.1, -0.05) is 193 Å². The summed E-state index contributed by atoms with van der Waals surface area (Å²) in [5.74, 6) is 1.04. The molecule has 1 aliphatic rings. The SMILES string of the molecule is [CH2]CCCCCCCCCCCCCCCCCCCCCCCCCCCCCC1CCNCC1. The van der Waals surface area contributed by atoms with Crippen LogP contribution in [0.1, 0.15) is 199 Å². The fourth-order valence-corrected chi connectivity index (χ4v) is 6.20. The van der Waals surface area contributed by atoms with Crippen LogP contribution in [0.3, 0.4) is 0 Å². The highest BCUT2D eigenvalue weighted by atomic mass is 14.9. The number of rotatable bonds is 29. The molecule has 0 aromatic heterocycles. The Morgan fingerprint density at radius 1 is 0.361 bits per heavy atom. The molecule has 1 saturated heterocycles. The normalized spacial score (nSPS) is 14.6. The molecular formula is C35H70N. The van der Waals surface area contributed by atoms with Crippen LogP contribution in [0, 0.1) is 12.8 Å². The third-order valence-electron chi connectivity index (χ3n) is 8.82. The fraction of sp³-hybridized carbons (Fsp3) is 0.971. The van der Waals surface area contributed by atoms with Crippen LogP contribution < -0.4 is 5.32 Å². The van der Waals surface area contributed by atoms with Gasteiger partial charge < -0.3 is 5.32 Å². The van der Waals surface area contributed by atoms with Crippen LogP contribution in [0.15, 0.2) is 0 Å². The van der Waals surface area contributed by atoms with Crippen molar-refractivity contribution in [1.29, 1.82) is 0 Å². The number of piperidine rings is 1. The van der Waals surface area contributed by atoms with E-state index >= 15 is 0 Å². The predicted molar refractivity (Wildman–Crippen MR) is 165 cm³/mol. The Kier molecular flexibility index (Phi) is 27.9. The van der Waals surface area contributed by atoms with Crippen molar-refractivity contribution >= 4 is 0 Å². The first kappa shape index (κ1) is 34.0. The molecule has 1 nitrogen and oxygen atoms in total. The Hall–Kier alpha value is -0.0400. The van der Waals surface area contributed by atoms with E-state index in [0.717, 1.165) is 12.3 Å². The largest absolute Gasteiger partial charge is 0.317 e. The van der Waals surface area contributed by atoms with Crippen molar-refractivity contribution in [3.63, 3.8) is 0 Å². The van der Waals surface area contributed by atoms with Crippen molar-refractivity contribution in [2.24, 2.45) is 5.92 Å². The minimum absolute atomic E-state index is 1.04. The maximum atomic E-state index is 3.93. The zero-order valence-electron chi connectivity index (χ0n) is 25.1. The van der Waals surface area contributed by atoms with E-state index in [1.165, 1.54) is 206 Å². The van der Waals surface area contributed by atoms with Gasteiger partial charge in [-0.15, -0.1) is 0 Å². The molecule has 1 heterocycles. The summed E-state index contributed by atoms with van der Waals surface area (Å²) in [6.45, 7) is 6.46. The molecular weight excluding hydrogens is 434 g/mol. The first-order valence-electron chi connectivity index (χ1n) is 17.4. The average molecular weight is 505 g/mol. The van der Waals surface area contributed by atoms with Gasteiger partial charge in [0.25, 0.3) is 0 Å².